The van der Waals surface area contributed by atoms with Crippen molar-refractivity contribution in [2.24, 2.45) is 0 Å². The normalized spacial score (nSPS) is 11.9. The van der Waals surface area contributed by atoms with Crippen LogP contribution < -0.4 is 5.32 Å². The molecule has 1 aromatic heterocycles. The average Bonchev–Trinajstić information content (AvgIpc) is 2.76. The predicted octanol–water partition coefficient (Wildman–Crippen LogP) is 0.447. The number of rotatable bonds is 4. The van der Waals surface area contributed by atoms with E-state index in [0.29, 0.717) is 6.54 Å². The largest absolute Gasteiger partial charge is 0.478 e. The number of amides is 1. The van der Waals surface area contributed by atoms with Crippen molar-refractivity contribution in [1.29, 1.82) is 0 Å². The van der Waals surface area contributed by atoms with Gasteiger partial charge in [0, 0.05) is 17.3 Å². The van der Waals surface area contributed by atoms with Crippen molar-refractivity contribution in [3.8, 4) is 0 Å². The fourth-order valence-corrected chi connectivity index (χ4v) is 1.02. The summed E-state index contributed by atoms with van der Waals surface area (Å²) in [4.78, 5) is 22.1. The van der Waals surface area contributed by atoms with Gasteiger partial charge in [0.15, 0.2) is 0 Å². The van der Waals surface area contributed by atoms with Gasteiger partial charge in [-0.1, -0.05) is 0 Å². The smallest absolute Gasteiger partial charge is 0.331 e. The summed E-state index contributed by atoms with van der Waals surface area (Å²) in [6.45, 7) is 3.17. The van der Waals surface area contributed by atoms with Crippen LogP contribution in [0.3, 0.4) is 0 Å². The lowest BCUT2D eigenvalue weighted by Gasteiger charge is -2.05. The summed E-state index contributed by atoms with van der Waals surface area (Å²) < 4.78 is 0. The summed E-state index contributed by atoms with van der Waals surface area (Å²) in [7, 11) is 0. The van der Waals surface area contributed by atoms with Crippen LogP contribution in [0.2, 0.25) is 0 Å². The van der Waals surface area contributed by atoms with Gasteiger partial charge in [-0.15, -0.1) is 0 Å². The molecule has 6 nitrogen and oxygen atoms in total. The lowest BCUT2D eigenvalue weighted by molar-refractivity contribution is -0.133. The maximum Gasteiger partial charge on any atom is 0.331 e. The summed E-state index contributed by atoms with van der Waals surface area (Å²) in [6, 6.07) is 1.73. The number of H-pyrrole nitrogens is 1. The first-order valence-corrected chi connectivity index (χ1v) is 4.69. The average molecular weight is 223 g/mol. The first-order valence-electron chi connectivity index (χ1n) is 4.69. The van der Waals surface area contributed by atoms with E-state index >= 15 is 0 Å². The molecule has 0 unspecified atom stereocenters. The zero-order valence-corrected chi connectivity index (χ0v) is 9.07. The summed E-state index contributed by atoms with van der Waals surface area (Å²) in [5.41, 5.74) is 1.00. The van der Waals surface area contributed by atoms with Crippen LogP contribution in [0.5, 0.6) is 0 Å². The maximum atomic E-state index is 11.5. The van der Waals surface area contributed by atoms with Gasteiger partial charge in [0.05, 0.1) is 12.2 Å². The number of aromatic nitrogens is 2. The van der Waals surface area contributed by atoms with E-state index in [1.54, 1.807) is 12.3 Å². The quantitative estimate of drug-likeness (QED) is 0.646. The van der Waals surface area contributed by atoms with Crippen LogP contribution in [-0.2, 0) is 16.1 Å². The molecule has 0 saturated carbocycles. The first-order chi connectivity index (χ1) is 7.52. The molecule has 0 fully saturated rings. The van der Waals surface area contributed by atoms with Gasteiger partial charge in [-0.05, 0) is 19.9 Å². The molecule has 0 spiro atoms. The number of nitrogens with one attached hydrogen (secondary N) is 2. The van der Waals surface area contributed by atoms with Crippen LogP contribution in [0, 0.1) is 0 Å². The molecule has 0 aliphatic carbocycles. The molecule has 0 aliphatic heterocycles. The fourth-order valence-electron chi connectivity index (χ4n) is 1.02. The minimum absolute atomic E-state index is 0.0436. The number of carbonyl (C=O) groups is 2. The number of aromatic amines is 1. The van der Waals surface area contributed by atoms with Crippen LogP contribution in [0.4, 0.5) is 0 Å². The Hall–Kier alpha value is -2.11. The minimum atomic E-state index is -1.09. The zero-order chi connectivity index (χ0) is 12.1. The van der Waals surface area contributed by atoms with Gasteiger partial charge in [0.2, 0.25) is 5.91 Å². The van der Waals surface area contributed by atoms with Crippen LogP contribution in [0.1, 0.15) is 19.5 Å². The van der Waals surface area contributed by atoms with Gasteiger partial charge in [0.1, 0.15) is 0 Å². The second-order valence-corrected chi connectivity index (χ2v) is 3.32. The lowest BCUT2D eigenvalue weighted by Crippen LogP contribution is -2.25. The van der Waals surface area contributed by atoms with Crippen molar-refractivity contribution < 1.29 is 14.7 Å². The molecule has 1 aromatic rings. The molecule has 0 saturated heterocycles. The van der Waals surface area contributed by atoms with E-state index in [2.05, 4.69) is 15.5 Å². The Morgan fingerprint density at radius 3 is 2.62 bits per heavy atom. The highest BCUT2D eigenvalue weighted by Gasteiger charge is 2.12. The standard InChI is InChI=1S/C10H13N3O3/c1-6(7(2)10(15)16)9(14)11-5-8-3-4-12-13-8/h3-4H,5H2,1-2H3,(H,11,14)(H,12,13)(H,15,16). The molecule has 6 heteroatoms. The van der Waals surface area contributed by atoms with E-state index in [1.807, 2.05) is 0 Å². The third kappa shape index (κ3) is 2.94. The molecule has 1 heterocycles. The molecule has 3 N–H and O–H groups in total. The van der Waals surface area contributed by atoms with Gasteiger partial charge in [-0.3, -0.25) is 9.89 Å². The van der Waals surface area contributed by atoms with Crippen LogP contribution in [-0.4, -0.2) is 27.2 Å². The van der Waals surface area contributed by atoms with Gasteiger partial charge in [-0.2, -0.15) is 5.10 Å². The molecule has 1 amide bonds. The van der Waals surface area contributed by atoms with Crippen LogP contribution in [0.25, 0.3) is 0 Å². The minimum Gasteiger partial charge on any atom is -0.478 e. The van der Waals surface area contributed by atoms with Crippen molar-refractivity contribution in [2.75, 3.05) is 0 Å². The highest BCUT2D eigenvalue weighted by Crippen LogP contribution is 2.03. The monoisotopic (exact) mass is 223 g/mol. The van der Waals surface area contributed by atoms with Gasteiger partial charge < -0.3 is 10.4 Å². The molecular weight excluding hydrogens is 210 g/mol. The number of nitrogens with zero attached hydrogens (tertiary/aromatic N) is 1. The van der Waals surface area contributed by atoms with Crippen molar-refractivity contribution in [1.82, 2.24) is 15.5 Å². The Kier molecular flexibility index (Phi) is 3.82. The second kappa shape index (κ2) is 5.11. The fraction of sp³-hybridized carbons (Fsp3) is 0.300. The van der Waals surface area contributed by atoms with E-state index in [-0.39, 0.29) is 11.1 Å². The molecule has 16 heavy (non-hydrogen) atoms. The molecule has 0 radical (unpaired) electrons. The summed E-state index contributed by atoms with van der Waals surface area (Å²) in [5, 5.41) is 17.7. The number of hydrogen-bond donors (Lipinski definition) is 3. The molecule has 0 aliphatic rings. The highest BCUT2D eigenvalue weighted by atomic mass is 16.4. The third-order valence-corrected chi connectivity index (χ3v) is 2.22. The molecular formula is C10H13N3O3. The van der Waals surface area contributed by atoms with E-state index in [4.69, 9.17) is 5.11 Å². The summed E-state index contributed by atoms with van der Waals surface area (Å²) >= 11 is 0. The number of aliphatic carboxylic acids is 1. The van der Waals surface area contributed by atoms with E-state index in [1.165, 1.54) is 13.8 Å². The second-order valence-electron chi connectivity index (χ2n) is 3.32. The van der Waals surface area contributed by atoms with E-state index in [0.717, 1.165) is 5.69 Å². The molecule has 0 bridgehead atoms. The zero-order valence-electron chi connectivity index (χ0n) is 9.07. The maximum absolute atomic E-state index is 11.5. The molecule has 86 valence electrons. The number of carbonyl (C=O) groups excluding carboxylic acids is 1. The summed E-state index contributed by atoms with van der Waals surface area (Å²) in [5.74, 6) is -1.48. The number of hydrogen-bond acceptors (Lipinski definition) is 3. The first kappa shape index (κ1) is 12.0. The third-order valence-electron chi connectivity index (χ3n) is 2.22. The predicted molar refractivity (Wildman–Crippen MR) is 56.4 cm³/mol. The van der Waals surface area contributed by atoms with E-state index < -0.39 is 11.9 Å². The lowest BCUT2D eigenvalue weighted by atomic mass is 10.1. The van der Waals surface area contributed by atoms with Crippen LogP contribution in [0.15, 0.2) is 23.4 Å². The Morgan fingerprint density at radius 2 is 2.12 bits per heavy atom. The highest BCUT2D eigenvalue weighted by molar-refractivity contribution is 6.01. The van der Waals surface area contributed by atoms with Gasteiger partial charge >= 0.3 is 5.97 Å². The topological polar surface area (TPSA) is 95.1 Å². The Balaban J connectivity index is 2.59. The van der Waals surface area contributed by atoms with Crippen molar-refractivity contribution in [3.63, 3.8) is 0 Å². The molecule has 0 aromatic carbocycles. The Labute approximate surface area is 92.4 Å². The number of carboxylic acids is 1. The molecule has 0 atom stereocenters. The van der Waals surface area contributed by atoms with Crippen molar-refractivity contribution in [3.05, 3.63) is 29.1 Å². The Morgan fingerprint density at radius 1 is 1.44 bits per heavy atom. The van der Waals surface area contributed by atoms with E-state index in [9.17, 15) is 9.59 Å². The summed E-state index contributed by atoms with van der Waals surface area (Å²) in [6.07, 6.45) is 1.58. The Bertz CT molecular complexity index is 421. The van der Waals surface area contributed by atoms with Crippen molar-refractivity contribution in [2.45, 2.75) is 20.4 Å². The SMILES string of the molecule is CC(C(=O)O)=C(C)C(=O)NCc1ccn[nH]1. The van der Waals surface area contributed by atoms with Crippen molar-refractivity contribution >= 4 is 11.9 Å². The van der Waals surface area contributed by atoms with Gasteiger partial charge in [-0.25, -0.2) is 4.79 Å². The van der Waals surface area contributed by atoms with Gasteiger partial charge in [0.25, 0.3) is 0 Å². The van der Waals surface area contributed by atoms with Crippen LogP contribution >= 0.6 is 0 Å². The number of carboxylic acid groups (broad SMARTS) is 1. The molecule has 1 rings (SSSR count).